The lowest BCUT2D eigenvalue weighted by Crippen LogP contribution is -2.29. The molecule has 1 saturated heterocycles. The van der Waals surface area contributed by atoms with Gasteiger partial charge in [0.2, 0.25) is 0 Å². The van der Waals surface area contributed by atoms with E-state index in [1.165, 1.54) is 12.7 Å². The smallest absolute Gasteiger partial charge is 0.254 e. The minimum Gasteiger partial charge on any atom is -0.338 e. The minimum atomic E-state index is 0.0994. The summed E-state index contributed by atoms with van der Waals surface area (Å²) in [5, 5.41) is 0.915. The SMILES string of the molecule is Cc1ccc2nc(-c3cncnc3)cc(C(=O)N3CC[C@H](CC(C)C)C3)c2c1. The number of hydrogen-bond donors (Lipinski definition) is 0. The number of benzene rings is 1. The highest BCUT2D eigenvalue weighted by Gasteiger charge is 2.28. The van der Waals surface area contributed by atoms with Crippen LogP contribution < -0.4 is 0 Å². The molecule has 2 aromatic heterocycles. The molecule has 144 valence electrons. The first kappa shape index (κ1) is 18.5. The number of rotatable bonds is 4. The van der Waals surface area contributed by atoms with E-state index < -0.39 is 0 Å². The van der Waals surface area contributed by atoms with E-state index in [2.05, 4.69) is 29.9 Å². The van der Waals surface area contributed by atoms with Crippen LogP contribution in [0.4, 0.5) is 0 Å². The predicted molar refractivity (Wildman–Crippen MR) is 111 cm³/mol. The number of hydrogen-bond acceptors (Lipinski definition) is 4. The Morgan fingerprint density at radius 3 is 2.75 bits per heavy atom. The summed E-state index contributed by atoms with van der Waals surface area (Å²) in [7, 11) is 0. The van der Waals surface area contributed by atoms with Crippen LogP contribution in [0.5, 0.6) is 0 Å². The number of aryl methyl sites for hydroxylation is 1. The van der Waals surface area contributed by atoms with Gasteiger partial charge in [-0.15, -0.1) is 0 Å². The third kappa shape index (κ3) is 3.75. The molecule has 1 aromatic carbocycles. The van der Waals surface area contributed by atoms with Gasteiger partial charge in [0.05, 0.1) is 16.8 Å². The first-order valence-electron chi connectivity index (χ1n) is 9.97. The quantitative estimate of drug-likeness (QED) is 0.674. The molecule has 1 atom stereocenters. The lowest BCUT2D eigenvalue weighted by atomic mass is 9.97. The molecule has 1 amide bonds. The summed E-state index contributed by atoms with van der Waals surface area (Å²) in [6.45, 7) is 8.21. The molecule has 0 unspecified atom stereocenters. The molecular weight excluding hydrogens is 348 g/mol. The molecule has 1 aliphatic heterocycles. The molecule has 3 heterocycles. The Balaban J connectivity index is 1.74. The van der Waals surface area contributed by atoms with Crippen molar-refractivity contribution in [1.29, 1.82) is 0 Å². The fourth-order valence-electron chi connectivity index (χ4n) is 4.14. The molecule has 28 heavy (non-hydrogen) atoms. The summed E-state index contributed by atoms with van der Waals surface area (Å²) in [5.41, 5.74) is 4.22. The number of nitrogens with zero attached hydrogens (tertiary/aromatic N) is 4. The average molecular weight is 374 g/mol. The van der Waals surface area contributed by atoms with Crippen LogP contribution in [0.1, 0.15) is 42.6 Å². The molecule has 3 aromatic rings. The van der Waals surface area contributed by atoms with E-state index in [0.717, 1.165) is 52.8 Å². The Labute approximate surface area is 165 Å². The third-order valence-electron chi connectivity index (χ3n) is 5.43. The van der Waals surface area contributed by atoms with Crippen LogP contribution >= 0.6 is 0 Å². The Bertz CT molecular complexity index is 1000. The van der Waals surface area contributed by atoms with Crippen molar-refractivity contribution < 1.29 is 4.79 Å². The molecule has 1 fully saturated rings. The average Bonchev–Trinajstić information content (AvgIpc) is 3.15. The standard InChI is InChI=1S/C23H26N4O/c1-15(2)8-17-6-7-27(13-17)23(28)20-10-22(18-11-24-14-25-12-18)26-21-5-4-16(3)9-19(20)21/h4-5,9-12,14-15,17H,6-8,13H2,1-3H3/t17-/m1/s1. The Kier molecular flexibility index (Phi) is 5.07. The van der Waals surface area contributed by atoms with E-state index >= 15 is 0 Å². The molecular formula is C23H26N4O. The van der Waals surface area contributed by atoms with Gasteiger partial charge in [0.15, 0.2) is 0 Å². The lowest BCUT2D eigenvalue weighted by Gasteiger charge is -2.19. The van der Waals surface area contributed by atoms with Gasteiger partial charge in [-0.2, -0.15) is 0 Å². The van der Waals surface area contributed by atoms with Crippen molar-refractivity contribution in [2.75, 3.05) is 13.1 Å². The molecule has 1 aliphatic rings. The topological polar surface area (TPSA) is 59.0 Å². The maximum Gasteiger partial charge on any atom is 0.254 e. The highest BCUT2D eigenvalue weighted by Crippen LogP contribution is 2.29. The van der Waals surface area contributed by atoms with Crippen LogP contribution in [0.2, 0.25) is 0 Å². The number of fused-ring (bicyclic) bond motifs is 1. The van der Waals surface area contributed by atoms with Gasteiger partial charge in [-0.3, -0.25) is 4.79 Å². The second-order valence-electron chi connectivity index (χ2n) is 8.24. The van der Waals surface area contributed by atoms with E-state index in [0.29, 0.717) is 11.8 Å². The fourth-order valence-corrected chi connectivity index (χ4v) is 4.14. The van der Waals surface area contributed by atoms with Gasteiger partial charge in [0, 0.05) is 36.4 Å². The summed E-state index contributed by atoms with van der Waals surface area (Å²) in [6.07, 6.45) is 7.23. The van der Waals surface area contributed by atoms with E-state index in [-0.39, 0.29) is 5.91 Å². The fraction of sp³-hybridized carbons (Fsp3) is 0.391. The van der Waals surface area contributed by atoms with Gasteiger partial charge in [-0.1, -0.05) is 25.5 Å². The lowest BCUT2D eigenvalue weighted by molar-refractivity contribution is 0.0787. The second kappa shape index (κ2) is 7.66. The van der Waals surface area contributed by atoms with Crippen LogP contribution in [-0.4, -0.2) is 38.8 Å². The van der Waals surface area contributed by atoms with Crippen LogP contribution in [0.3, 0.4) is 0 Å². The van der Waals surface area contributed by atoms with Crippen molar-refractivity contribution in [3.63, 3.8) is 0 Å². The van der Waals surface area contributed by atoms with Gasteiger partial charge in [0.25, 0.3) is 5.91 Å². The van der Waals surface area contributed by atoms with Gasteiger partial charge in [0.1, 0.15) is 6.33 Å². The number of aromatic nitrogens is 3. The summed E-state index contributed by atoms with van der Waals surface area (Å²) < 4.78 is 0. The third-order valence-corrected chi connectivity index (χ3v) is 5.43. The molecule has 5 nitrogen and oxygen atoms in total. The molecule has 0 aliphatic carbocycles. The van der Waals surface area contributed by atoms with Crippen LogP contribution in [0.25, 0.3) is 22.2 Å². The normalized spacial score (nSPS) is 16.9. The number of pyridine rings is 1. The first-order chi connectivity index (χ1) is 13.5. The van der Waals surface area contributed by atoms with Crippen molar-refractivity contribution in [1.82, 2.24) is 19.9 Å². The van der Waals surface area contributed by atoms with Crippen LogP contribution in [0, 0.1) is 18.8 Å². The molecule has 0 radical (unpaired) electrons. The Morgan fingerprint density at radius 1 is 1.21 bits per heavy atom. The highest BCUT2D eigenvalue weighted by molar-refractivity contribution is 6.07. The van der Waals surface area contributed by atoms with Crippen LogP contribution in [0.15, 0.2) is 43.0 Å². The first-order valence-corrected chi connectivity index (χ1v) is 9.97. The van der Waals surface area contributed by atoms with Gasteiger partial charge >= 0.3 is 0 Å². The van der Waals surface area contributed by atoms with Crippen LogP contribution in [-0.2, 0) is 0 Å². The van der Waals surface area contributed by atoms with Crippen molar-refractivity contribution >= 4 is 16.8 Å². The Hall–Kier alpha value is -2.82. The largest absolute Gasteiger partial charge is 0.338 e. The van der Waals surface area contributed by atoms with Crippen molar-refractivity contribution in [3.05, 3.63) is 54.1 Å². The summed E-state index contributed by atoms with van der Waals surface area (Å²) >= 11 is 0. The number of carbonyl (C=O) groups is 1. The minimum absolute atomic E-state index is 0.0994. The zero-order chi connectivity index (χ0) is 19.7. The maximum atomic E-state index is 13.5. The van der Waals surface area contributed by atoms with E-state index in [1.807, 2.05) is 30.0 Å². The maximum absolute atomic E-state index is 13.5. The molecule has 0 bridgehead atoms. The highest BCUT2D eigenvalue weighted by atomic mass is 16.2. The number of amides is 1. The number of likely N-dealkylation sites (tertiary alicyclic amines) is 1. The summed E-state index contributed by atoms with van der Waals surface area (Å²) in [5.74, 6) is 1.36. The van der Waals surface area contributed by atoms with Gasteiger partial charge in [-0.25, -0.2) is 15.0 Å². The summed E-state index contributed by atoms with van der Waals surface area (Å²) in [6, 6.07) is 7.98. The second-order valence-corrected chi connectivity index (χ2v) is 8.24. The molecule has 0 N–H and O–H groups in total. The molecule has 5 heteroatoms. The molecule has 0 saturated carbocycles. The van der Waals surface area contributed by atoms with Crippen molar-refractivity contribution in [3.8, 4) is 11.3 Å². The molecule has 4 rings (SSSR count). The van der Waals surface area contributed by atoms with Gasteiger partial charge < -0.3 is 4.90 Å². The van der Waals surface area contributed by atoms with E-state index in [4.69, 9.17) is 4.98 Å². The molecule has 0 spiro atoms. The predicted octanol–water partition coefficient (Wildman–Crippen LogP) is 4.51. The Morgan fingerprint density at radius 2 is 2.00 bits per heavy atom. The summed E-state index contributed by atoms with van der Waals surface area (Å²) in [4.78, 5) is 28.4. The zero-order valence-corrected chi connectivity index (χ0v) is 16.7. The van der Waals surface area contributed by atoms with E-state index in [1.54, 1.807) is 12.4 Å². The monoisotopic (exact) mass is 374 g/mol. The zero-order valence-electron chi connectivity index (χ0n) is 16.7. The van der Waals surface area contributed by atoms with Gasteiger partial charge in [-0.05, 0) is 49.8 Å². The van der Waals surface area contributed by atoms with E-state index in [9.17, 15) is 4.79 Å². The van der Waals surface area contributed by atoms with Crippen molar-refractivity contribution in [2.45, 2.75) is 33.6 Å². The number of carbonyl (C=O) groups excluding carboxylic acids is 1. The van der Waals surface area contributed by atoms with Crippen molar-refractivity contribution in [2.24, 2.45) is 11.8 Å².